The summed E-state index contributed by atoms with van der Waals surface area (Å²) in [6, 6.07) is 15.3. The van der Waals surface area contributed by atoms with Crippen LogP contribution in [0, 0.1) is 6.92 Å². The van der Waals surface area contributed by atoms with E-state index < -0.39 is 0 Å². The third kappa shape index (κ3) is 3.41. The van der Waals surface area contributed by atoms with E-state index in [0.717, 1.165) is 16.9 Å². The fraction of sp³-hybridized carbons (Fsp3) is 0.125. The van der Waals surface area contributed by atoms with Gasteiger partial charge in [-0.05, 0) is 48.9 Å². The fourth-order valence-corrected chi connectivity index (χ4v) is 2.07. The molecule has 0 saturated heterocycles. The molecule has 0 spiro atoms. The molecular formula is C16H14ClN3O. The number of nitrogens with zero attached hydrogens (tertiary/aromatic N) is 2. The van der Waals surface area contributed by atoms with E-state index in [1.165, 1.54) is 0 Å². The number of hydrogen-bond donors (Lipinski definition) is 1. The zero-order valence-electron chi connectivity index (χ0n) is 11.5. The molecule has 4 nitrogen and oxygen atoms in total. The van der Waals surface area contributed by atoms with E-state index in [2.05, 4.69) is 15.2 Å². The molecule has 0 fully saturated rings. The Morgan fingerprint density at radius 1 is 1.14 bits per heavy atom. The van der Waals surface area contributed by atoms with Crippen molar-refractivity contribution in [2.45, 2.75) is 13.5 Å². The lowest BCUT2D eigenvalue weighted by Crippen LogP contribution is -1.97. The number of aromatic nitrogens is 3. The summed E-state index contributed by atoms with van der Waals surface area (Å²) in [6.45, 7) is 2.38. The molecule has 0 unspecified atom stereocenters. The molecular weight excluding hydrogens is 286 g/mol. The lowest BCUT2D eigenvalue weighted by Gasteiger charge is -2.04. The normalized spacial score (nSPS) is 10.6. The predicted molar refractivity (Wildman–Crippen MR) is 82.3 cm³/mol. The Kier molecular flexibility index (Phi) is 3.88. The van der Waals surface area contributed by atoms with Crippen molar-refractivity contribution < 1.29 is 4.74 Å². The van der Waals surface area contributed by atoms with Crippen molar-refractivity contribution in [3.8, 4) is 17.1 Å². The van der Waals surface area contributed by atoms with Crippen LogP contribution in [0.5, 0.6) is 5.75 Å². The van der Waals surface area contributed by atoms with Crippen molar-refractivity contribution in [3.63, 3.8) is 0 Å². The number of ether oxygens (including phenoxy) is 1. The van der Waals surface area contributed by atoms with Gasteiger partial charge in [0.05, 0.1) is 0 Å². The summed E-state index contributed by atoms with van der Waals surface area (Å²) in [6.07, 6.45) is 0. The Hall–Kier alpha value is -2.33. The molecule has 0 aliphatic carbocycles. The Balaban J connectivity index is 1.69. The Morgan fingerprint density at radius 3 is 2.71 bits per heavy atom. The van der Waals surface area contributed by atoms with Gasteiger partial charge in [0.2, 0.25) is 0 Å². The lowest BCUT2D eigenvalue weighted by atomic mass is 10.2. The average molecular weight is 300 g/mol. The van der Waals surface area contributed by atoms with Crippen LogP contribution in [-0.2, 0) is 6.61 Å². The lowest BCUT2D eigenvalue weighted by molar-refractivity contribution is 0.296. The molecule has 21 heavy (non-hydrogen) atoms. The Bertz CT molecular complexity index is 737. The van der Waals surface area contributed by atoms with Gasteiger partial charge in [-0.3, -0.25) is 5.10 Å². The van der Waals surface area contributed by atoms with Crippen molar-refractivity contribution in [1.29, 1.82) is 0 Å². The zero-order valence-corrected chi connectivity index (χ0v) is 12.3. The van der Waals surface area contributed by atoms with Crippen molar-refractivity contribution >= 4 is 11.6 Å². The highest BCUT2D eigenvalue weighted by atomic mass is 35.5. The minimum atomic E-state index is 0.351. The van der Waals surface area contributed by atoms with Gasteiger partial charge in [0.15, 0.2) is 11.6 Å². The van der Waals surface area contributed by atoms with Gasteiger partial charge in [0.1, 0.15) is 12.4 Å². The number of aromatic amines is 1. The van der Waals surface area contributed by atoms with Crippen molar-refractivity contribution in [1.82, 2.24) is 15.2 Å². The molecule has 0 aliphatic heterocycles. The maximum atomic E-state index is 5.87. The first-order valence-electron chi connectivity index (χ1n) is 6.57. The van der Waals surface area contributed by atoms with E-state index >= 15 is 0 Å². The second kappa shape index (κ2) is 5.97. The summed E-state index contributed by atoms with van der Waals surface area (Å²) in [4.78, 5) is 4.41. The number of hydrogen-bond acceptors (Lipinski definition) is 3. The number of aryl methyl sites for hydroxylation is 1. The largest absolute Gasteiger partial charge is 0.486 e. The van der Waals surface area contributed by atoms with Crippen LogP contribution in [0.15, 0.2) is 48.5 Å². The number of nitrogens with one attached hydrogen (secondary N) is 1. The third-order valence-corrected chi connectivity index (χ3v) is 3.25. The van der Waals surface area contributed by atoms with E-state index in [0.29, 0.717) is 23.3 Å². The summed E-state index contributed by atoms with van der Waals surface area (Å²) in [7, 11) is 0. The fourth-order valence-electron chi connectivity index (χ4n) is 1.94. The molecule has 1 heterocycles. The van der Waals surface area contributed by atoms with E-state index in [1.807, 2.05) is 55.5 Å². The smallest absolute Gasteiger partial charge is 0.181 e. The molecule has 3 rings (SSSR count). The van der Waals surface area contributed by atoms with E-state index in [-0.39, 0.29) is 0 Å². The maximum Gasteiger partial charge on any atom is 0.181 e. The van der Waals surface area contributed by atoms with Gasteiger partial charge in [0.25, 0.3) is 0 Å². The molecule has 2 aromatic carbocycles. The highest BCUT2D eigenvalue weighted by Crippen LogP contribution is 2.18. The molecule has 0 amide bonds. The first-order chi connectivity index (χ1) is 10.2. The number of rotatable bonds is 4. The molecule has 0 radical (unpaired) electrons. The van der Waals surface area contributed by atoms with Crippen LogP contribution < -0.4 is 4.74 Å². The average Bonchev–Trinajstić information content (AvgIpc) is 2.95. The molecule has 0 aliphatic rings. The Labute approximate surface area is 127 Å². The van der Waals surface area contributed by atoms with Crippen molar-refractivity contribution in [2.24, 2.45) is 0 Å². The minimum absolute atomic E-state index is 0.351. The molecule has 0 saturated carbocycles. The number of benzene rings is 2. The van der Waals surface area contributed by atoms with Gasteiger partial charge in [-0.25, -0.2) is 4.98 Å². The summed E-state index contributed by atoms with van der Waals surface area (Å²) in [5.74, 6) is 2.13. The van der Waals surface area contributed by atoms with Gasteiger partial charge in [-0.15, -0.1) is 0 Å². The van der Waals surface area contributed by atoms with Gasteiger partial charge in [-0.1, -0.05) is 23.7 Å². The van der Waals surface area contributed by atoms with Crippen LogP contribution in [0.2, 0.25) is 5.02 Å². The van der Waals surface area contributed by atoms with E-state index in [4.69, 9.17) is 16.3 Å². The van der Waals surface area contributed by atoms with Crippen molar-refractivity contribution in [2.75, 3.05) is 0 Å². The molecule has 106 valence electrons. The maximum absolute atomic E-state index is 5.87. The monoisotopic (exact) mass is 299 g/mol. The van der Waals surface area contributed by atoms with Crippen LogP contribution in [-0.4, -0.2) is 15.2 Å². The Morgan fingerprint density at radius 2 is 1.95 bits per heavy atom. The standard InChI is InChI=1S/C16H14ClN3O/c1-11-3-2-4-14(9-11)21-10-15-18-16(20-19-15)12-5-7-13(17)8-6-12/h2-9H,10H2,1H3,(H,18,19,20). The summed E-state index contributed by atoms with van der Waals surface area (Å²) in [5, 5.41) is 7.76. The first kappa shape index (κ1) is 13.6. The van der Waals surface area contributed by atoms with E-state index in [1.54, 1.807) is 0 Å². The second-order valence-corrected chi connectivity index (χ2v) is 5.15. The quantitative estimate of drug-likeness (QED) is 0.792. The van der Waals surface area contributed by atoms with Gasteiger partial charge >= 0.3 is 0 Å². The number of halogens is 1. The van der Waals surface area contributed by atoms with Gasteiger partial charge < -0.3 is 4.74 Å². The van der Waals surface area contributed by atoms with Crippen molar-refractivity contribution in [3.05, 3.63) is 64.9 Å². The molecule has 0 bridgehead atoms. The number of H-pyrrole nitrogens is 1. The predicted octanol–water partition coefficient (Wildman–Crippen LogP) is 4.01. The van der Waals surface area contributed by atoms with Crippen LogP contribution in [0.3, 0.4) is 0 Å². The van der Waals surface area contributed by atoms with Crippen LogP contribution in [0.1, 0.15) is 11.4 Å². The third-order valence-electron chi connectivity index (χ3n) is 3.00. The molecule has 0 atom stereocenters. The highest BCUT2D eigenvalue weighted by Gasteiger charge is 2.06. The summed E-state index contributed by atoms with van der Waals surface area (Å²) >= 11 is 5.87. The summed E-state index contributed by atoms with van der Waals surface area (Å²) in [5.41, 5.74) is 2.07. The SMILES string of the molecule is Cc1cccc(OCc2nc(-c3ccc(Cl)cc3)n[nH]2)c1. The minimum Gasteiger partial charge on any atom is -0.486 e. The second-order valence-electron chi connectivity index (χ2n) is 4.72. The summed E-state index contributed by atoms with van der Waals surface area (Å²) < 4.78 is 5.69. The molecule has 1 aromatic heterocycles. The van der Waals surface area contributed by atoms with Gasteiger partial charge in [-0.2, -0.15) is 5.10 Å². The zero-order chi connectivity index (χ0) is 14.7. The topological polar surface area (TPSA) is 50.8 Å². The first-order valence-corrected chi connectivity index (χ1v) is 6.95. The van der Waals surface area contributed by atoms with Gasteiger partial charge in [0, 0.05) is 10.6 Å². The van der Waals surface area contributed by atoms with E-state index in [9.17, 15) is 0 Å². The van der Waals surface area contributed by atoms with Crippen LogP contribution in [0.25, 0.3) is 11.4 Å². The van der Waals surface area contributed by atoms with Crippen LogP contribution >= 0.6 is 11.6 Å². The molecule has 5 heteroatoms. The highest BCUT2D eigenvalue weighted by molar-refractivity contribution is 6.30. The van der Waals surface area contributed by atoms with Crippen LogP contribution in [0.4, 0.5) is 0 Å². The molecule has 1 N–H and O–H groups in total. The molecule has 3 aromatic rings.